The Morgan fingerprint density at radius 3 is 1.81 bits per heavy atom. The number of allylic oxidation sites excluding steroid dienone is 1. The van der Waals surface area contributed by atoms with Crippen molar-refractivity contribution >= 4 is 85.9 Å². The van der Waals surface area contributed by atoms with E-state index in [-0.39, 0.29) is 0 Å². The molecular formula is C28H32ClNOS5. The van der Waals surface area contributed by atoms with E-state index in [1.54, 1.807) is 0 Å². The van der Waals surface area contributed by atoms with E-state index in [2.05, 4.69) is 80.9 Å². The van der Waals surface area contributed by atoms with E-state index < -0.39 is 0 Å². The van der Waals surface area contributed by atoms with Gasteiger partial charge in [0.1, 0.15) is 12.4 Å². The minimum Gasteiger partial charge on any atom is -0.492 e. The molecule has 0 radical (unpaired) electrons. The molecule has 0 aliphatic rings. The Morgan fingerprint density at radius 2 is 1.28 bits per heavy atom. The van der Waals surface area contributed by atoms with Crippen molar-refractivity contribution in [2.24, 2.45) is 0 Å². The van der Waals surface area contributed by atoms with Crippen LogP contribution in [0, 0.1) is 0 Å². The largest absolute Gasteiger partial charge is 0.492 e. The molecule has 0 aromatic heterocycles. The number of thiol groups is 5. The second-order valence-corrected chi connectivity index (χ2v) is 10.8. The Morgan fingerprint density at radius 1 is 0.750 bits per heavy atom. The Kier molecular flexibility index (Phi) is 11.9. The molecule has 0 fully saturated rings. The highest BCUT2D eigenvalue weighted by atomic mass is 35.5. The van der Waals surface area contributed by atoms with Crippen molar-refractivity contribution in [2.45, 2.75) is 44.7 Å². The number of rotatable bonds is 11. The predicted molar refractivity (Wildman–Crippen MR) is 170 cm³/mol. The summed E-state index contributed by atoms with van der Waals surface area (Å²) in [4.78, 5) is 5.73. The molecule has 0 amide bonds. The topological polar surface area (TPSA) is 12.5 Å². The van der Waals surface area contributed by atoms with Crippen molar-refractivity contribution in [2.75, 3.05) is 32.1 Å². The quantitative estimate of drug-likeness (QED) is 0.0869. The zero-order chi connectivity index (χ0) is 26.2. The van der Waals surface area contributed by atoms with Crippen LogP contribution in [0.15, 0.2) is 79.1 Å². The van der Waals surface area contributed by atoms with Gasteiger partial charge in [0.25, 0.3) is 0 Å². The first-order chi connectivity index (χ1) is 17.3. The molecule has 0 aliphatic carbocycles. The monoisotopic (exact) mass is 593 g/mol. The van der Waals surface area contributed by atoms with E-state index >= 15 is 0 Å². The fourth-order valence-corrected chi connectivity index (χ4v) is 6.04. The first kappa shape index (κ1) is 29.8. The van der Waals surface area contributed by atoms with Gasteiger partial charge in [-0.05, 0) is 53.9 Å². The van der Waals surface area contributed by atoms with Gasteiger partial charge in [-0.15, -0.1) is 74.7 Å². The second kappa shape index (κ2) is 14.4. The zero-order valence-corrected chi connectivity index (χ0v) is 25.6. The van der Waals surface area contributed by atoms with Crippen LogP contribution in [-0.4, -0.2) is 37.0 Å². The zero-order valence-electron chi connectivity index (χ0n) is 20.4. The van der Waals surface area contributed by atoms with Crippen LogP contribution < -0.4 is 4.74 Å². The normalized spacial score (nSPS) is 12.1. The third kappa shape index (κ3) is 6.99. The maximum Gasteiger partial charge on any atom is 0.119 e. The summed E-state index contributed by atoms with van der Waals surface area (Å²) in [5.41, 5.74) is 5.08. The van der Waals surface area contributed by atoms with Crippen molar-refractivity contribution < 1.29 is 4.74 Å². The summed E-state index contributed by atoms with van der Waals surface area (Å²) < 4.78 is 6.02. The number of hydrogen-bond acceptors (Lipinski definition) is 7. The van der Waals surface area contributed by atoms with E-state index in [4.69, 9.17) is 41.6 Å². The molecule has 0 aliphatic heterocycles. The van der Waals surface area contributed by atoms with E-state index in [1.165, 1.54) is 0 Å². The van der Waals surface area contributed by atoms with E-state index in [0.29, 0.717) is 43.4 Å². The fraction of sp³-hybridized carbons (Fsp3) is 0.286. The number of alkyl halides is 1. The Labute approximate surface area is 247 Å². The molecule has 2 nitrogen and oxygen atoms in total. The molecular weight excluding hydrogens is 562 g/mol. The van der Waals surface area contributed by atoms with Crippen LogP contribution in [0.2, 0.25) is 0 Å². The summed E-state index contributed by atoms with van der Waals surface area (Å²) in [6.45, 7) is 7.92. The van der Waals surface area contributed by atoms with Crippen LogP contribution in [0.4, 0.5) is 0 Å². The summed E-state index contributed by atoms with van der Waals surface area (Å²) in [7, 11) is 0. The van der Waals surface area contributed by atoms with Gasteiger partial charge in [0, 0.05) is 42.5 Å². The summed E-state index contributed by atoms with van der Waals surface area (Å²) in [5, 5.41) is 0. The highest BCUT2D eigenvalue weighted by Crippen LogP contribution is 2.46. The third-order valence-corrected chi connectivity index (χ3v) is 9.23. The predicted octanol–water partition coefficient (Wildman–Crippen LogP) is 8.44. The molecule has 0 bridgehead atoms. The molecule has 192 valence electrons. The molecule has 0 saturated heterocycles. The lowest BCUT2D eigenvalue weighted by atomic mass is 9.88. The van der Waals surface area contributed by atoms with Crippen LogP contribution in [0.5, 0.6) is 5.75 Å². The van der Waals surface area contributed by atoms with E-state index in [1.807, 2.05) is 30.3 Å². The number of halogens is 1. The van der Waals surface area contributed by atoms with Gasteiger partial charge in [0.2, 0.25) is 0 Å². The van der Waals surface area contributed by atoms with Gasteiger partial charge < -0.3 is 9.64 Å². The molecule has 0 heterocycles. The summed E-state index contributed by atoms with van der Waals surface area (Å²) in [6, 6.07) is 18.5. The molecule has 0 unspecified atom stereocenters. The Hall–Kier alpha value is -0.800. The van der Waals surface area contributed by atoms with Gasteiger partial charge in [0.05, 0.1) is 0 Å². The summed E-state index contributed by atoms with van der Waals surface area (Å²) in [5.74, 6) is 1.28. The molecule has 0 atom stereocenters. The average molecular weight is 594 g/mol. The molecule has 3 rings (SSSR count). The lowest BCUT2D eigenvalue weighted by Crippen LogP contribution is -2.27. The highest BCUT2D eigenvalue weighted by Gasteiger charge is 2.22. The first-order valence-electron chi connectivity index (χ1n) is 11.8. The van der Waals surface area contributed by atoms with Gasteiger partial charge in [-0.1, -0.05) is 56.3 Å². The lowest BCUT2D eigenvalue weighted by Gasteiger charge is -2.22. The van der Waals surface area contributed by atoms with Crippen molar-refractivity contribution in [1.29, 1.82) is 0 Å². The second-order valence-electron chi connectivity index (χ2n) is 8.18. The number of ether oxygens (including phenoxy) is 1. The van der Waals surface area contributed by atoms with Gasteiger partial charge in [-0.2, -0.15) is 0 Å². The van der Waals surface area contributed by atoms with Gasteiger partial charge in [-0.3, -0.25) is 0 Å². The van der Waals surface area contributed by atoms with Crippen LogP contribution >= 0.6 is 74.7 Å². The summed E-state index contributed by atoms with van der Waals surface area (Å²) in [6.07, 6.45) is 0.612. The minimum absolute atomic E-state index is 0.436. The van der Waals surface area contributed by atoms with Crippen molar-refractivity contribution in [3.8, 4) is 5.75 Å². The minimum atomic E-state index is 0.436. The molecule has 3 aromatic carbocycles. The van der Waals surface area contributed by atoms with E-state index in [9.17, 15) is 0 Å². The van der Waals surface area contributed by atoms with Crippen molar-refractivity contribution in [3.05, 3.63) is 71.3 Å². The number of nitrogens with zero attached hydrogens (tertiary/aromatic N) is 1. The Balaban J connectivity index is 2.14. The molecule has 0 saturated carbocycles. The van der Waals surface area contributed by atoms with Crippen LogP contribution in [0.3, 0.4) is 0 Å². The lowest BCUT2D eigenvalue weighted by molar-refractivity contribution is 0.223. The SMILES string of the molecule is CCN(CC)CCOc1ccc(/C(=C(\CCCl)c2c(S)c(S)c(S)c(S)c2S)c2ccccc2)cc1. The standard InChI is InChI=1S/C28H32ClNOS5/c1-3-30(4-2)16-17-31-20-12-10-19(11-13-20)22(18-8-6-5-7-9-18)21(14-15-29)23-24(32)26(34)28(36)27(35)25(23)33/h5-13,32-36H,3-4,14-17H2,1-2H3/b22-21+. The van der Waals surface area contributed by atoms with Crippen LogP contribution in [0.1, 0.15) is 37.0 Å². The highest BCUT2D eigenvalue weighted by molar-refractivity contribution is 7.87. The maximum absolute atomic E-state index is 6.35. The average Bonchev–Trinajstić information content (AvgIpc) is 2.90. The summed E-state index contributed by atoms with van der Waals surface area (Å²) >= 11 is 29.9. The molecule has 3 aromatic rings. The number of hydrogen-bond donors (Lipinski definition) is 5. The molecule has 36 heavy (non-hydrogen) atoms. The molecule has 0 N–H and O–H groups in total. The van der Waals surface area contributed by atoms with Crippen LogP contribution in [-0.2, 0) is 0 Å². The van der Waals surface area contributed by atoms with Crippen LogP contribution in [0.25, 0.3) is 11.1 Å². The fourth-order valence-electron chi connectivity index (χ4n) is 4.11. The van der Waals surface area contributed by atoms with Crippen molar-refractivity contribution in [1.82, 2.24) is 4.90 Å². The smallest absolute Gasteiger partial charge is 0.119 e. The Bertz CT molecular complexity index is 1170. The van der Waals surface area contributed by atoms with Gasteiger partial charge in [0.15, 0.2) is 0 Å². The number of benzene rings is 3. The maximum atomic E-state index is 6.35. The van der Waals surface area contributed by atoms with Gasteiger partial charge >= 0.3 is 0 Å². The molecule has 0 spiro atoms. The third-order valence-electron chi connectivity index (χ3n) is 6.09. The molecule has 8 heteroatoms. The van der Waals surface area contributed by atoms with Crippen molar-refractivity contribution in [3.63, 3.8) is 0 Å². The van der Waals surface area contributed by atoms with Gasteiger partial charge in [-0.25, -0.2) is 0 Å². The van der Waals surface area contributed by atoms with E-state index in [0.717, 1.165) is 53.2 Å². The first-order valence-corrected chi connectivity index (χ1v) is 14.6. The number of likely N-dealkylation sites (N-methyl/N-ethyl adjacent to an activating group) is 1.